The smallest absolute Gasteiger partial charge is 0.141 e. The second-order valence-corrected chi connectivity index (χ2v) is 4.69. The maximum atomic E-state index is 12.8. The van der Waals surface area contributed by atoms with Crippen LogP contribution in [-0.2, 0) is 9.47 Å². The molecule has 1 aliphatic heterocycles. The molecule has 1 fully saturated rings. The number of hydrogen-bond donors (Lipinski definition) is 1. The lowest BCUT2D eigenvalue weighted by Gasteiger charge is -2.27. The monoisotopic (exact) mass is 254 g/mol. The summed E-state index contributed by atoms with van der Waals surface area (Å²) in [6.45, 7) is 4.04. The third-order valence-corrected chi connectivity index (χ3v) is 3.42. The highest BCUT2D eigenvalue weighted by molar-refractivity contribution is 5.09. The standard InChI is InChI=1S/C13H19FN2O2/c1-10(12-4-3-11(14)7-15-12)16-8-13(17-2)5-6-18-9-13/h3-4,7,10,16H,5-6,8-9H2,1-2H3. The lowest BCUT2D eigenvalue weighted by Crippen LogP contribution is -2.43. The SMILES string of the molecule is COC1(CNC(C)c2ccc(F)cn2)CCOC1. The molecule has 0 saturated carbocycles. The highest BCUT2D eigenvalue weighted by Crippen LogP contribution is 2.22. The molecule has 0 radical (unpaired) electrons. The fraction of sp³-hybridized carbons (Fsp3) is 0.615. The van der Waals surface area contributed by atoms with Gasteiger partial charge >= 0.3 is 0 Å². The predicted octanol–water partition coefficient (Wildman–Crippen LogP) is 1.68. The van der Waals surface area contributed by atoms with Crippen molar-refractivity contribution in [3.63, 3.8) is 0 Å². The molecule has 2 unspecified atom stereocenters. The van der Waals surface area contributed by atoms with Crippen molar-refractivity contribution >= 4 is 0 Å². The predicted molar refractivity (Wildman–Crippen MR) is 65.8 cm³/mol. The van der Waals surface area contributed by atoms with Gasteiger partial charge in [0, 0.05) is 32.7 Å². The Balaban J connectivity index is 1.91. The van der Waals surface area contributed by atoms with Crippen LogP contribution in [0.3, 0.4) is 0 Å². The largest absolute Gasteiger partial charge is 0.378 e. The van der Waals surface area contributed by atoms with Gasteiger partial charge in [0.25, 0.3) is 0 Å². The first kappa shape index (κ1) is 13.4. The quantitative estimate of drug-likeness (QED) is 0.868. The first-order valence-corrected chi connectivity index (χ1v) is 6.13. The van der Waals surface area contributed by atoms with Crippen LogP contribution in [0.25, 0.3) is 0 Å². The van der Waals surface area contributed by atoms with E-state index in [2.05, 4.69) is 10.3 Å². The van der Waals surface area contributed by atoms with E-state index in [4.69, 9.17) is 9.47 Å². The molecule has 1 aliphatic rings. The van der Waals surface area contributed by atoms with Crippen LogP contribution in [0.2, 0.25) is 0 Å². The van der Waals surface area contributed by atoms with E-state index in [-0.39, 0.29) is 17.5 Å². The molecule has 100 valence electrons. The second kappa shape index (κ2) is 5.73. The van der Waals surface area contributed by atoms with Gasteiger partial charge in [0.1, 0.15) is 11.4 Å². The Morgan fingerprint density at radius 3 is 3.00 bits per heavy atom. The van der Waals surface area contributed by atoms with Gasteiger partial charge in [0.2, 0.25) is 0 Å². The van der Waals surface area contributed by atoms with Gasteiger partial charge < -0.3 is 14.8 Å². The minimum atomic E-state index is -0.316. The molecule has 18 heavy (non-hydrogen) atoms. The van der Waals surface area contributed by atoms with Gasteiger partial charge in [-0.3, -0.25) is 4.98 Å². The molecule has 4 nitrogen and oxygen atoms in total. The van der Waals surface area contributed by atoms with Crippen molar-refractivity contribution in [1.29, 1.82) is 0 Å². The fourth-order valence-electron chi connectivity index (χ4n) is 2.05. The molecule has 2 atom stereocenters. The van der Waals surface area contributed by atoms with Crippen LogP contribution in [-0.4, -0.2) is 37.5 Å². The van der Waals surface area contributed by atoms with E-state index in [1.165, 1.54) is 12.3 Å². The number of rotatable bonds is 5. The number of nitrogens with zero attached hydrogens (tertiary/aromatic N) is 1. The van der Waals surface area contributed by atoms with Gasteiger partial charge in [-0.05, 0) is 19.1 Å². The average molecular weight is 254 g/mol. The van der Waals surface area contributed by atoms with Crippen LogP contribution in [0.15, 0.2) is 18.3 Å². The summed E-state index contributed by atoms with van der Waals surface area (Å²) in [4.78, 5) is 4.06. The molecule has 0 aliphatic carbocycles. The van der Waals surface area contributed by atoms with Crippen molar-refractivity contribution < 1.29 is 13.9 Å². The molecule has 2 rings (SSSR count). The summed E-state index contributed by atoms with van der Waals surface area (Å²) in [6, 6.07) is 3.17. The topological polar surface area (TPSA) is 43.4 Å². The number of ether oxygens (including phenoxy) is 2. The molecule has 2 heterocycles. The Morgan fingerprint density at radius 1 is 1.61 bits per heavy atom. The lowest BCUT2D eigenvalue weighted by molar-refractivity contribution is -0.0172. The van der Waals surface area contributed by atoms with Crippen molar-refractivity contribution in [2.75, 3.05) is 26.9 Å². The first-order chi connectivity index (χ1) is 8.65. The number of hydrogen-bond acceptors (Lipinski definition) is 4. The fourth-order valence-corrected chi connectivity index (χ4v) is 2.05. The summed E-state index contributed by atoms with van der Waals surface area (Å²) in [5, 5.41) is 3.36. The van der Waals surface area contributed by atoms with Gasteiger partial charge in [-0.25, -0.2) is 4.39 Å². The van der Waals surface area contributed by atoms with Crippen molar-refractivity contribution in [2.45, 2.75) is 25.0 Å². The zero-order valence-electron chi connectivity index (χ0n) is 10.8. The highest BCUT2D eigenvalue weighted by Gasteiger charge is 2.35. The van der Waals surface area contributed by atoms with E-state index in [0.717, 1.165) is 18.7 Å². The maximum Gasteiger partial charge on any atom is 0.141 e. The molecule has 5 heteroatoms. The number of methoxy groups -OCH3 is 1. The lowest BCUT2D eigenvalue weighted by atomic mass is 10.0. The summed E-state index contributed by atoms with van der Waals surface area (Å²) in [6.07, 6.45) is 2.12. The van der Waals surface area contributed by atoms with Gasteiger partial charge in [-0.1, -0.05) is 0 Å². The summed E-state index contributed by atoms with van der Waals surface area (Å²) in [5.41, 5.74) is 0.579. The Bertz CT molecular complexity index is 377. The highest BCUT2D eigenvalue weighted by atomic mass is 19.1. The molecule has 1 saturated heterocycles. The summed E-state index contributed by atoms with van der Waals surface area (Å²) in [7, 11) is 1.71. The third-order valence-electron chi connectivity index (χ3n) is 3.42. The third kappa shape index (κ3) is 3.04. The number of aromatic nitrogens is 1. The molecular weight excluding hydrogens is 235 g/mol. The Morgan fingerprint density at radius 2 is 2.44 bits per heavy atom. The Labute approximate surface area is 107 Å². The second-order valence-electron chi connectivity index (χ2n) is 4.69. The molecule has 1 aromatic rings. The van der Waals surface area contributed by atoms with Crippen LogP contribution >= 0.6 is 0 Å². The Kier molecular flexibility index (Phi) is 4.27. The molecule has 1 aromatic heterocycles. The van der Waals surface area contributed by atoms with E-state index in [9.17, 15) is 4.39 Å². The summed E-state index contributed by atoms with van der Waals surface area (Å²) >= 11 is 0. The van der Waals surface area contributed by atoms with Crippen LogP contribution in [0, 0.1) is 5.82 Å². The van der Waals surface area contributed by atoms with Crippen molar-refractivity contribution in [1.82, 2.24) is 10.3 Å². The van der Waals surface area contributed by atoms with Crippen molar-refractivity contribution in [3.8, 4) is 0 Å². The zero-order chi connectivity index (χ0) is 13.0. The van der Waals surface area contributed by atoms with E-state index in [0.29, 0.717) is 13.2 Å². The molecule has 1 N–H and O–H groups in total. The van der Waals surface area contributed by atoms with Gasteiger partial charge in [0.15, 0.2) is 0 Å². The minimum Gasteiger partial charge on any atom is -0.378 e. The number of pyridine rings is 1. The molecule has 0 spiro atoms. The van der Waals surface area contributed by atoms with Gasteiger partial charge in [0.05, 0.1) is 18.5 Å². The van der Waals surface area contributed by atoms with Crippen LogP contribution in [0.1, 0.15) is 25.1 Å². The molecule has 0 bridgehead atoms. The van der Waals surface area contributed by atoms with Crippen LogP contribution < -0.4 is 5.32 Å². The minimum absolute atomic E-state index is 0.0539. The first-order valence-electron chi connectivity index (χ1n) is 6.13. The average Bonchev–Trinajstić information content (AvgIpc) is 2.86. The van der Waals surface area contributed by atoms with E-state index in [1.54, 1.807) is 13.2 Å². The summed E-state index contributed by atoms with van der Waals surface area (Å²) < 4.78 is 23.7. The van der Waals surface area contributed by atoms with E-state index in [1.807, 2.05) is 6.92 Å². The molecular formula is C13H19FN2O2. The molecule has 0 amide bonds. The number of halogens is 1. The van der Waals surface area contributed by atoms with E-state index < -0.39 is 0 Å². The van der Waals surface area contributed by atoms with Crippen LogP contribution in [0.5, 0.6) is 0 Å². The Hall–Kier alpha value is -1.04. The van der Waals surface area contributed by atoms with Crippen LogP contribution in [0.4, 0.5) is 4.39 Å². The van der Waals surface area contributed by atoms with Gasteiger partial charge in [-0.15, -0.1) is 0 Å². The van der Waals surface area contributed by atoms with Gasteiger partial charge in [-0.2, -0.15) is 0 Å². The van der Waals surface area contributed by atoms with E-state index >= 15 is 0 Å². The zero-order valence-corrected chi connectivity index (χ0v) is 10.8. The normalized spacial score (nSPS) is 25.3. The molecule has 0 aromatic carbocycles. The number of nitrogens with one attached hydrogen (secondary N) is 1. The summed E-state index contributed by atoms with van der Waals surface area (Å²) in [5.74, 6) is -0.316. The van der Waals surface area contributed by atoms with Crippen molar-refractivity contribution in [2.24, 2.45) is 0 Å². The van der Waals surface area contributed by atoms with Crippen molar-refractivity contribution in [3.05, 3.63) is 29.8 Å². The maximum absolute atomic E-state index is 12.8.